The van der Waals surface area contributed by atoms with Gasteiger partial charge in [0, 0.05) is 37.6 Å². The van der Waals surface area contributed by atoms with Crippen molar-refractivity contribution in [1.82, 2.24) is 39.1 Å². The number of benzene rings is 4. The quantitative estimate of drug-likeness (QED) is 0.147. The minimum absolute atomic E-state index is 0.0597. The van der Waals surface area contributed by atoms with Crippen molar-refractivity contribution < 1.29 is 21.2 Å². The summed E-state index contributed by atoms with van der Waals surface area (Å²) in [5.41, 5.74) is 8.69. The number of rotatable bonds is 12. The molecule has 0 aliphatic heterocycles. The van der Waals surface area contributed by atoms with Crippen LogP contribution in [0.2, 0.25) is 0 Å². The highest BCUT2D eigenvalue weighted by atomic mass is 32.2. The first-order valence-electron chi connectivity index (χ1n) is 19.8. The van der Waals surface area contributed by atoms with Gasteiger partial charge in [-0.3, -0.25) is 19.0 Å². The number of hydrogen-bond donors (Lipinski definition) is 2. The Labute approximate surface area is 362 Å². The van der Waals surface area contributed by atoms with Crippen LogP contribution in [0.25, 0.3) is 44.3 Å². The van der Waals surface area contributed by atoms with E-state index < -0.39 is 20.0 Å². The van der Waals surface area contributed by atoms with Crippen molar-refractivity contribution in [3.63, 3.8) is 0 Å². The van der Waals surface area contributed by atoms with Gasteiger partial charge < -0.3 is 9.13 Å². The van der Waals surface area contributed by atoms with Crippen molar-refractivity contribution in [3.8, 4) is 22.3 Å². The van der Waals surface area contributed by atoms with Crippen molar-refractivity contribution in [2.24, 2.45) is 14.1 Å². The number of nitrogens with zero attached hydrogens (tertiary/aromatic N) is 8. The van der Waals surface area contributed by atoms with Gasteiger partial charge in [0.25, 0.3) is 11.1 Å². The van der Waals surface area contributed by atoms with Crippen LogP contribution in [-0.2, 0) is 47.2 Å². The van der Waals surface area contributed by atoms with Gasteiger partial charge in [-0.1, -0.05) is 52.9 Å². The first kappa shape index (κ1) is 44.1. The van der Waals surface area contributed by atoms with Gasteiger partial charge in [0.2, 0.25) is 20.0 Å². The van der Waals surface area contributed by atoms with Crippen molar-refractivity contribution in [2.45, 2.75) is 40.8 Å². The monoisotopic (exact) mass is 892 g/mol. The summed E-state index contributed by atoms with van der Waals surface area (Å²) in [5, 5.41) is 16.9. The summed E-state index contributed by atoms with van der Waals surface area (Å²) in [6, 6.07) is 26.6. The van der Waals surface area contributed by atoms with E-state index in [1.807, 2.05) is 42.5 Å². The standard InChI is InChI=1S/C22H22FN5O3S.C22H23N5O3S/c1-4-32(30,31)25-19-10-16(17-9-14(2)22(29)27(3)13-17)11-20-21(19)24-26-28(20)12-15-5-7-18(23)8-6-15;1-4-31(29,30)24-19-11-17(18-10-15(2)22(28)26(3)14-18)12-20-21(19)23-25-27(20)13-16-8-6-5-7-9-16/h5-11,13,25H,4,12H2,1-3H3;5-12,14,24H,4,13H2,1-3H3. The highest BCUT2D eigenvalue weighted by Crippen LogP contribution is 2.32. The fraction of sp³-hybridized carbons (Fsp3) is 0.227. The third-order valence-electron chi connectivity index (χ3n) is 10.3. The van der Waals surface area contributed by atoms with Gasteiger partial charge in [-0.15, -0.1) is 10.2 Å². The lowest BCUT2D eigenvalue weighted by molar-refractivity contribution is 0.600. The van der Waals surface area contributed by atoms with E-state index in [9.17, 15) is 30.8 Å². The largest absolute Gasteiger partial charge is 0.318 e. The fourth-order valence-corrected chi connectivity index (χ4v) is 8.20. The van der Waals surface area contributed by atoms with Gasteiger partial charge in [0.1, 0.15) is 16.9 Å². The van der Waals surface area contributed by atoms with Crippen LogP contribution in [0.3, 0.4) is 0 Å². The van der Waals surface area contributed by atoms with Crippen molar-refractivity contribution >= 4 is 53.5 Å². The van der Waals surface area contributed by atoms with E-state index in [0.29, 0.717) is 63.2 Å². The van der Waals surface area contributed by atoms with Crippen LogP contribution in [0.5, 0.6) is 0 Å². The summed E-state index contributed by atoms with van der Waals surface area (Å²) >= 11 is 0. The average molecular weight is 893 g/mol. The molecule has 8 aromatic rings. The van der Waals surface area contributed by atoms with Crippen LogP contribution in [0, 0.1) is 19.7 Å². The van der Waals surface area contributed by atoms with Gasteiger partial charge in [0.05, 0.1) is 47.0 Å². The number of sulfonamides is 2. The smallest absolute Gasteiger partial charge is 0.253 e. The second kappa shape index (κ2) is 17.8. The molecular formula is C44H45FN10O6S2. The van der Waals surface area contributed by atoms with Crippen molar-refractivity contribution in [1.29, 1.82) is 0 Å². The summed E-state index contributed by atoms with van der Waals surface area (Å²) in [7, 11) is -3.72. The van der Waals surface area contributed by atoms with Crippen LogP contribution in [0.1, 0.15) is 36.1 Å². The highest BCUT2D eigenvalue weighted by molar-refractivity contribution is 7.92. The van der Waals surface area contributed by atoms with E-state index in [0.717, 1.165) is 27.8 Å². The molecule has 326 valence electrons. The number of fused-ring (bicyclic) bond motifs is 2. The minimum atomic E-state index is -3.56. The molecule has 0 bridgehead atoms. The highest BCUT2D eigenvalue weighted by Gasteiger charge is 2.19. The minimum Gasteiger partial charge on any atom is -0.318 e. The van der Waals surface area contributed by atoms with Crippen LogP contribution >= 0.6 is 0 Å². The molecule has 0 saturated heterocycles. The number of hydrogen-bond acceptors (Lipinski definition) is 10. The Morgan fingerprint density at radius 3 is 1.38 bits per heavy atom. The van der Waals surface area contributed by atoms with E-state index in [4.69, 9.17) is 0 Å². The number of aromatic nitrogens is 8. The van der Waals surface area contributed by atoms with E-state index in [-0.39, 0.29) is 28.4 Å². The summed E-state index contributed by atoms with van der Waals surface area (Å²) in [5.74, 6) is -0.488. The van der Waals surface area contributed by atoms with Gasteiger partial charge in [-0.25, -0.2) is 30.6 Å². The van der Waals surface area contributed by atoms with E-state index in [1.54, 1.807) is 99.9 Å². The second-order valence-corrected chi connectivity index (χ2v) is 19.1. The molecule has 0 atom stereocenters. The fourth-order valence-electron chi connectivity index (χ4n) is 6.93. The molecule has 8 rings (SSSR count). The Balaban J connectivity index is 0.000000189. The van der Waals surface area contributed by atoms with Gasteiger partial charge in [-0.05, 0) is 110 Å². The molecule has 4 heterocycles. The van der Waals surface area contributed by atoms with Crippen LogP contribution in [-0.4, -0.2) is 67.5 Å². The topological polar surface area (TPSA) is 198 Å². The van der Waals surface area contributed by atoms with Crippen LogP contribution < -0.4 is 20.6 Å². The lowest BCUT2D eigenvalue weighted by Gasteiger charge is -2.12. The molecule has 0 amide bonds. The molecule has 0 radical (unpaired) electrons. The molecular weight excluding hydrogens is 848 g/mol. The number of pyridine rings is 2. The molecule has 0 fully saturated rings. The molecule has 0 unspecified atom stereocenters. The average Bonchev–Trinajstić information content (AvgIpc) is 3.86. The molecule has 4 aromatic carbocycles. The van der Waals surface area contributed by atoms with Crippen molar-refractivity contribution in [3.05, 3.63) is 152 Å². The maximum absolute atomic E-state index is 13.3. The zero-order valence-corrected chi connectivity index (χ0v) is 37.0. The lowest BCUT2D eigenvalue weighted by atomic mass is 10.0. The Kier molecular flexibility index (Phi) is 12.4. The SMILES string of the molecule is CCS(=O)(=O)Nc1cc(-c2cc(C)c(=O)n(C)c2)cc2c1nnn2Cc1ccc(F)cc1.CCS(=O)(=O)Nc1cc(-c2cc(C)c(=O)n(C)c2)cc2c1nnn2Cc1ccccc1. The molecule has 19 heteroatoms. The zero-order valence-electron chi connectivity index (χ0n) is 35.4. The lowest BCUT2D eigenvalue weighted by Crippen LogP contribution is -2.18. The Morgan fingerprint density at radius 2 is 0.984 bits per heavy atom. The number of anilines is 2. The van der Waals surface area contributed by atoms with Crippen molar-refractivity contribution in [2.75, 3.05) is 20.9 Å². The first-order chi connectivity index (χ1) is 29.9. The molecule has 0 saturated carbocycles. The Bertz CT molecular complexity index is 3290. The summed E-state index contributed by atoms with van der Waals surface area (Å²) in [6.07, 6.45) is 3.43. The Morgan fingerprint density at radius 1 is 0.571 bits per heavy atom. The molecule has 0 aliphatic rings. The first-order valence-corrected chi connectivity index (χ1v) is 23.1. The predicted molar refractivity (Wildman–Crippen MR) is 243 cm³/mol. The zero-order chi connectivity index (χ0) is 45.2. The molecule has 2 N–H and O–H groups in total. The molecule has 16 nitrogen and oxygen atoms in total. The maximum Gasteiger partial charge on any atom is 0.253 e. The maximum atomic E-state index is 13.3. The van der Waals surface area contributed by atoms with Gasteiger partial charge >= 0.3 is 0 Å². The molecule has 0 aliphatic carbocycles. The van der Waals surface area contributed by atoms with Gasteiger partial charge in [0.15, 0.2) is 0 Å². The van der Waals surface area contributed by atoms with Gasteiger partial charge in [-0.2, -0.15) is 0 Å². The van der Waals surface area contributed by atoms with E-state index in [1.165, 1.54) is 21.3 Å². The predicted octanol–water partition coefficient (Wildman–Crippen LogP) is 5.97. The Hall–Kier alpha value is -6.99. The molecule has 4 aromatic heterocycles. The summed E-state index contributed by atoms with van der Waals surface area (Å²) < 4.78 is 74.0. The normalized spacial score (nSPS) is 11.7. The van der Waals surface area contributed by atoms with E-state index >= 15 is 0 Å². The molecule has 0 spiro atoms. The summed E-state index contributed by atoms with van der Waals surface area (Å²) in [6.45, 7) is 7.42. The van der Waals surface area contributed by atoms with Crippen LogP contribution in [0.4, 0.5) is 15.8 Å². The summed E-state index contributed by atoms with van der Waals surface area (Å²) in [4.78, 5) is 24.2. The number of aryl methyl sites for hydroxylation is 4. The third-order valence-corrected chi connectivity index (χ3v) is 12.9. The van der Waals surface area contributed by atoms with Crippen LogP contribution in [0.15, 0.2) is 113 Å². The second-order valence-electron chi connectivity index (χ2n) is 15.1. The molecule has 63 heavy (non-hydrogen) atoms. The third kappa shape index (κ3) is 9.89. The number of halogens is 1. The van der Waals surface area contributed by atoms with E-state index in [2.05, 4.69) is 30.1 Å². The number of nitrogens with one attached hydrogen (secondary N) is 2.